The highest BCUT2D eigenvalue weighted by atomic mass is 16.2. The first kappa shape index (κ1) is 16.0. The molecule has 0 aliphatic rings. The highest BCUT2D eigenvalue weighted by molar-refractivity contribution is 5.75. The average Bonchev–Trinajstić information content (AvgIpc) is 2.90. The molecule has 0 fully saturated rings. The van der Waals surface area contributed by atoms with E-state index in [1.165, 1.54) is 14.6 Å². The molecule has 0 bridgehead atoms. The lowest BCUT2D eigenvalue weighted by atomic mass is 10.1. The second kappa shape index (κ2) is 7.12. The number of aromatic nitrogens is 3. The van der Waals surface area contributed by atoms with Crippen LogP contribution < -0.4 is 11.0 Å². The molecule has 0 aliphatic carbocycles. The third kappa shape index (κ3) is 3.71. The van der Waals surface area contributed by atoms with Gasteiger partial charge in [-0.3, -0.25) is 9.20 Å². The molecule has 2 heterocycles. The average molecular weight is 324 g/mol. The molecular formula is C18H20N4O2. The molecule has 1 N–H and O–H groups in total. The molecule has 1 atom stereocenters. The van der Waals surface area contributed by atoms with Gasteiger partial charge in [-0.2, -0.15) is 0 Å². The fourth-order valence-electron chi connectivity index (χ4n) is 2.63. The van der Waals surface area contributed by atoms with Crippen LogP contribution in [0.25, 0.3) is 5.65 Å². The van der Waals surface area contributed by atoms with E-state index < -0.39 is 0 Å². The van der Waals surface area contributed by atoms with Gasteiger partial charge in [-0.15, -0.1) is 5.10 Å². The summed E-state index contributed by atoms with van der Waals surface area (Å²) in [4.78, 5) is 24.3. The Balaban J connectivity index is 1.56. The van der Waals surface area contributed by atoms with E-state index in [-0.39, 0.29) is 24.2 Å². The lowest BCUT2D eigenvalue weighted by molar-refractivity contribution is -0.122. The fourth-order valence-corrected chi connectivity index (χ4v) is 2.63. The summed E-state index contributed by atoms with van der Waals surface area (Å²) < 4.78 is 2.61. The van der Waals surface area contributed by atoms with Crippen molar-refractivity contribution in [1.29, 1.82) is 0 Å². The summed E-state index contributed by atoms with van der Waals surface area (Å²) in [6.45, 7) is 1.89. The zero-order chi connectivity index (χ0) is 16.9. The fraction of sp³-hybridized carbons (Fsp3) is 0.278. The Morgan fingerprint density at radius 3 is 2.67 bits per heavy atom. The Kier molecular flexibility index (Phi) is 4.74. The molecule has 0 aliphatic heterocycles. The number of amides is 1. The summed E-state index contributed by atoms with van der Waals surface area (Å²) >= 11 is 0. The molecule has 1 unspecified atom stereocenters. The first-order valence-electron chi connectivity index (χ1n) is 8.01. The molecule has 124 valence electrons. The number of benzene rings is 1. The maximum Gasteiger partial charge on any atom is 0.350 e. The summed E-state index contributed by atoms with van der Waals surface area (Å²) in [5.74, 6) is -0.207. The molecule has 0 saturated heterocycles. The van der Waals surface area contributed by atoms with Gasteiger partial charge in [0, 0.05) is 12.2 Å². The number of nitrogens with one attached hydrogen (secondary N) is 1. The van der Waals surface area contributed by atoms with Crippen LogP contribution in [0.3, 0.4) is 0 Å². The lowest BCUT2D eigenvalue weighted by Crippen LogP contribution is -2.37. The number of aryl methyl sites for hydroxylation is 1. The molecule has 6 nitrogen and oxygen atoms in total. The highest BCUT2D eigenvalue weighted by Crippen LogP contribution is 2.04. The van der Waals surface area contributed by atoms with E-state index in [0.29, 0.717) is 5.65 Å². The molecular weight excluding hydrogens is 304 g/mol. The number of rotatable bonds is 6. The van der Waals surface area contributed by atoms with Gasteiger partial charge in [-0.25, -0.2) is 9.48 Å². The van der Waals surface area contributed by atoms with Crippen LogP contribution in [0.15, 0.2) is 59.5 Å². The van der Waals surface area contributed by atoms with E-state index in [1.807, 2.05) is 25.1 Å². The maximum absolute atomic E-state index is 12.1. The van der Waals surface area contributed by atoms with Gasteiger partial charge in [0.05, 0.1) is 0 Å². The molecule has 3 aromatic rings. The number of carbonyl (C=O) groups is 1. The van der Waals surface area contributed by atoms with Crippen molar-refractivity contribution in [3.05, 3.63) is 70.8 Å². The van der Waals surface area contributed by atoms with Gasteiger partial charge < -0.3 is 5.32 Å². The third-order valence-corrected chi connectivity index (χ3v) is 3.90. The number of carbonyl (C=O) groups excluding carboxylic acids is 1. The first-order chi connectivity index (χ1) is 11.6. The van der Waals surface area contributed by atoms with Crippen LogP contribution in [0.4, 0.5) is 0 Å². The topological polar surface area (TPSA) is 68.4 Å². The van der Waals surface area contributed by atoms with Crippen molar-refractivity contribution in [3.8, 4) is 0 Å². The molecule has 3 rings (SSSR count). The first-order valence-corrected chi connectivity index (χ1v) is 8.01. The quantitative estimate of drug-likeness (QED) is 0.749. The van der Waals surface area contributed by atoms with Gasteiger partial charge in [-0.1, -0.05) is 36.4 Å². The second-order valence-electron chi connectivity index (χ2n) is 5.86. The summed E-state index contributed by atoms with van der Waals surface area (Å²) in [5, 5.41) is 7.08. The number of fused-ring (bicyclic) bond motifs is 1. The van der Waals surface area contributed by atoms with E-state index in [4.69, 9.17) is 0 Å². The zero-order valence-corrected chi connectivity index (χ0v) is 13.6. The van der Waals surface area contributed by atoms with Crippen LogP contribution >= 0.6 is 0 Å². The Labute approximate surface area is 139 Å². The summed E-state index contributed by atoms with van der Waals surface area (Å²) in [5.41, 5.74) is 1.47. The van der Waals surface area contributed by atoms with Gasteiger partial charge in [0.1, 0.15) is 6.54 Å². The molecule has 1 amide bonds. The number of pyridine rings is 1. The summed E-state index contributed by atoms with van der Waals surface area (Å²) in [6, 6.07) is 15.5. The lowest BCUT2D eigenvalue weighted by Gasteiger charge is -2.13. The molecule has 1 aromatic carbocycles. The predicted octanol–water partition coefficient (Wildman–Crippen LogP) is 1.63. The van der Waals surface area contributed by atoms with Crippen LogP contribution in [-0.2, 0) is 17.8 Å². The van der Waals surface area contributed by atoms with Gasteiger partial charge in [0.25, 0.3) is 0 Å². The van der Waals surface area contributed by atoms with Crippen molar-refractivity contribution in [2.45, 2.75) is 32.4 Å². The Morgan fingerprint density at radius 1 is 1.17 bits per heavy atom. The normalized spacial score (nSPS) is 12.2. The van der Waals surface area contributed by atoms with Gasteiger partial charge >= 0.3 is 5.69 Å². The Hall–Kier alpha value is -2.89. The SMILES string of the molecule is CC(CCc1ccccc1)NC(=O)Cn1nc2ccccn2c1=O. The van der Waals surface area contributed by atoms with Crippen LogP contribution in [0.5, 0.6) is 0 Å². The highest BCUT2D eigenvalue weighted by Gasteiger charge is 2.12. The standard InChI is InChI=1S/C18H20N4O2/c1-14(10-11-15-7-3-2-4-8-15)19-17(23)13-22-18(24)21-12-6-5-9-16(21)20-22/h2-9,12,14H,10-11,13H2,1H3,(H,19,23). The summed E-state index contributed by atoms with van der Waals surface area (Å²) in [6.07, 6.45) is 3.38. The minimum absolute atomic E-state index is 0.0328. The maximum atomic E-state index is 12.1. The monoisotopic (exact) mass is 324 g/mol. The van der Waals surface area contributed by atoms with Gasteiger partial charge in [0.15, 0.2) is 5.65 Å². The van der Waals surface area contributed by atoms with Crippen LogP contribution in [0, 0.1) is 0 Å². The Morgan fingerprint density at radius 2 is 1.92 bits per heavy atom. The van der Waals surface area contributed by atoms with E-state index in [2.05, 4.69) is 22.5 Å². The predicted molar refractivity (Wildman–Crippen MR) is 91.8 cm³/mol. The van der Waals surface area contributed by atoms with Crippen molar-refractivity contribution in [3.63, 3.8) is 0 Å². The van der Waals surface area contributed by atoms with E-state index in [0.717, 1.165) is 12.8 Å². The van der Waals surface area contributed by atoms with Gasteiger partial charge in [-0.05, 0) is 37.5 Å². The summed E-state index contributed by atoms with van der Waals surface area (Å²) in [7, 11) is 0. The molecule has 0 spiro atoms. The smallest absolute Gasteiger partial charge is 0.350 e. The van der Waals surface area contributed by atoms with Crippen molar-refractivity contribution in [2.75, 3.05) is 0 Å². The van der Waals surface area contributed by atoms with Crippen molar-refractivity contribution < 1.29 is 4.79 Å². The largest absolute Gasteiger partial charge is 0.352 e. The number of nitrogens with zero attached hydrogens (tertiary/aromatic N) is 3. The second-order valence-corrected chi connectivity index (χ2v) is 5.86. The van der Waals surface area contributed by atoms with E-state index in [9.17, 15) is 9.59 Å². The Bertz CT molecular complexity index is 883. The molecule has 0 saturated carbocycles. The van der Waals surface area contributed by atoms with Crippen LogP contribution in [0.2, 0.25) is 0 Å². The minimum Gasteiger partial charge on any atom is -0.352 e. The van der Waals surface area contributed by atoms with Crippen molar-refractivity contribution in [1.82, 2.24) is 19.5 Å². The molecule has 6 heteroatoms. The van der Waals surface area contributed by atoms with E-state index in [1.54, 1.807) is 24.4 Å². The van der Waals surface area contributed by atoms with E-state index >= 15 is 0 Å². The molecule has 2 aromatic heterocycles. The van der Waals surface area contributed by atoms with Crippen molar-refractivity contribution in [2.24, 2.45) is 0 Å². The third-order valence-electron chi connectivity index (χ3n) is 3.90. The number of hydrogen-bond acceptors (Lipinski definition) is 3. The molecule has 0 radical (unpaired) electrons. The van der Waals surface area contributed by atoms with Crippen molar-refractivity contribution >= 4 is 11.6 Å². The zero-order valence-electron chi connectivity index (χ0n) is 13.6. The van der Waals surface area contributed by atoms with Crippen LogP contribution in [0.1, 0.15) is 18.9 Å². The molecule has 24 heavy (non-hydrogen) atoms. The van der Waals surface area contributed by atoms with Gasteiger partial charge in [0.2, 0.25) is 5.91 Å². The van der Waals surface area contributed by atoms with Crippen LogP contribution in [-0.4, -0.2) is 26.1 Å². The number of hydrogen-bond donors (Lipinski definition) is 1. The minimum atomic E-state index is -0.308.